The van der Waals surface area contributed by atoms with E-state index in [9.17, 15) is 39.7 Å². The molecule has 14 heteroatoms. The topological polar surface area (TPSA) is 55.8 Å². The van der Waals surface area contributed by atoms with Crippen LogP contribution in [-0.4, -0.2) is 48.3 Å². The van der Waals surface area contributed by atoms with E-state index >= 15 is 0 Å². The van der Waals surface area contributed by atoms with Crippen molar-refractivity contribution in [2.24, 2.45) is 0 Å². The third-order valence-electron chi connectivity index (χ3n) is 2.30. The van der Waals surface area contributed by atoms with Gasteiger partial charge in [0, 0.05) is 14.2 Å². The molecule has 0 amide bonds. The Morgan fingerprint density at radius 3 is 1.52 bits per heavy atom. The first-order valence-corrected chi connectivity index (χ1v) is 6.61. The van der Waals surface area contributed by atoms with Crippen LogP contribution in [0.3, 0.4) is 0 Å². The Morgan fingerprint density at radius 2 is 1.29 bits per heavy atom. The van der Waals surface area contributed by atoms with Crippen LogP contribution in [0.2, 0.25) is 0 Å². The Hall–Kier alpha value is -0.160. The molecule has 1 N–H and O–H groups in total. The number of rotatable bonds is 7. The maximum absolute atomic E-state index is 13.3. The predicted molar refractivity (Wildman–Crippen MR) is 53.3 cm³/mol. The van der Waals surface area contributed by atoms with Crippen LogP contribution >= 0.6 is 19.2 Å². The minimum Gasteiger partial charge on any atom is -0.376 e. The smallest absolute Gasteiger partial charge is 0.376 e. The summed E-state index contributed by atoms with van der Waals surface area (Å²) in [5.41, 5.74) is 0. The summed E-state index contributed by atoms with van der Waals surface area (Å²) in [6, 6.07) is 0. The zero-order chi connectivity index (χ0) is 17.5. The lowest BCUT2D eigenvalue weighted by atomic mass is 10.1. The number of aliphatic hydroxyl groups excluding tert-OH is 1. The lowest BCUT2D eigenvalue weighted by molar-refractivity contribution is -0.358. The SMILES string of the molecule is COP(=O)(OC)C(O)C(F)(F)C(F)(F)C(F)(F)C(F)(F)Cl. The highest BCUT2D eigenvalue weighted by atomic mass is 35.5. The van der Waals surface area contributed by atoms with E-state index in [4.69, 9.17) is 5.11 Å². The van der Waals surface area contributed by atoms with Crippen molar-refractivity contribution in [3.8, 4) is 0 Å². The van der Waals surface area contributed by atoms with E-state index in [-0.39, 0.29) is 0 Å². The van der Waals surface area contributed by atoms with Crippen LogP contribution in [0.1, 0.15) is 0 Å². The molecule has 1 atom stereocenters. The molecule has 0 aromatic carbocycles. The maximum Gasteiger partial charge on any atom is 0.392 e. The molecular formula is C7H8ClF8O4P. The average Bonchev–Trinajstić information content (AvgIpc) is 2.34. The lowest BCUT2D eigenvalue weighted by Gasteiger charge is -2.37. The third kappa shape index (κ3) is 3.14. The van der Waals surface area contributed by atoms with Crippen LogP contribution in [-0.2, 0) is 13.6 Å². The van der Waals surface area contributed by atoms with E-state index in [0.717, 1.165) is 0 Å². The first-order valence-electron chi connectivity index (χ1n) is 4.62. The summed E-state index contributed by atoms with van der Waals surface area (Å²) >= 11 is 3.69. The number of aliphatic hydroxyl groups is 1. The zero-order valence-electron chi connectivity index (χ0n) is 10.1. The molecule has 0 radical (unpaired) electrons. The summed E-state index contributed by atoms with van der Waals surface area (Å²) < 4.78 is 122. The Labute approximate surface area is 117 Å². The predicted octanol–water partition coefficient (Wildman–Crippen LogP) is 3.53. The molecule has 1 unspecified atom stereocenters. The monoisotopic (exact) mass is 374 g/mol. The highest BCUT2D eigenvalue weighted by Gasteiger charge is 2.83. The average molecular weight is 375 g/mol. The molecule has 0 aliphatic carbocycles. The van der Waals surface area contributed by atoms with Gasteiger partial charge in [-0.25, -0.2) is 0 Å². The van der Waals surface area contributed by atoms with E-state index in [2.05, 4.69) is 20.6 Å². The first kappa shape index (κ1) is 20.8. The van der Waals surface area contributed by atoms with Gasteiger partial charge in [0.15, 0.2) is 0 Å². The molecule has 0 aliphatic rings. The number of hydrogen-bond donors (Lipinski definition) is 1. The van der Waals surface area contributed by atoms with Crippen LogP contribution in [0.15, 0.2) is 0 Å². The highest BCUT2D eigenvalue weighted by Crippen LogP contribution is 2.62. The fraction of sp³-hybridized carbons (Fsp3) is 1.00. The normalized spacial score (nSPS) is 17.0. The summed E-state index contributed by atoms with van der Waals surface area (Å²) in [6.07, 6.45) is 0. The van der Waals surface area contributed by atoms with Crippen molar-refractivity contribution in [1.29, 1.82) is 0 Å². The molecular weight excluding hydrogens is 366 g/mol. The van der Waals surface area contributed by atoms with Crippen LogP contribution in [0.25, 0.3) is 0 Å². The maximum atomic E-state index is 13.3. The van der Waals surface area contributed by atoms with Gasteiger partial charge in [0.25, 0.3) is 0 Å². The molecule has 0 bridgehead atoms. The van der Waals surface area contributed by atoms with E-state index in [1.165, 1.54) is 0 Å². The second-order valence-corrected chi connectivity index (χ2v) is 6.32. The lowest BCUT2D eigenvalue weighted by Crippen LogP contribution is -2.64. The molecule has 0 saturated heterocycles. The number of halogens is 9. The van der Waals surface area contributed by atoms with Crippen molar-refractivity contribution in [1.82, 2.24) is 0 Å². The van der Waals surface area contributed by atoms with Crippen molar-refractivity contribution in [3.05, 3.63) is 0 Å². The van der Waals surface area contributed by atoms with E-state index < -0.39 is 36.6 Å². The van der Waals surface area contributed by atoms with Crippen molar-refractivity contribution < 1.29 is 53.8 Å². The molecule has 4 nitrogen and oxygen atoms in total. The van der Waals surface area contributed by atoms with Gasteiger partial charge >= 0.3 is 30.7 Å². The van der Waals surface area contributed by atoms with Crippen molar-refractivity contribution in [3.63, 3.8) is 0 Å². The quantitative estimate of drug-likeness (QED) is 0.421. The molecule has 0 saturated carbocycles. The van der Waals surface area contributed by atoms with Crippen LogP contribution in [0.5, 0.6) is 0 Å². The van der Waals surface area contributed by atoms with Gasteiger partial charge in [-0.1, -0.05) is 0 Å². The van der Waals surface area contributed by atoms with Gasteiger partial charge in [0.1, 0.15) is 0 Å². The Kier molecular flexibility index (Phi) is 5.76. The molecule has 0 spiro atoms. The Morgan fingerprint density at radius 1 is 0.952 bits per heavy atom. The molecule has 21 heavy (non-hydrogen) atoms. The summed E-state index contributed by atoms with van der Waals surface area (Å²) in [7, 11) is -4.67. The van der Waals surface area contributed by atoms with Gasteiger partial charge in [0.2, 0.25) is 5.85 Å². The fourth-order valence-corrected chi connectivity index (χ4v) is 2.25. The molecule has 0 heterocycles. The first-order chi connectivity index (χ1) is 9.03. The van der Waals surface area contributed by atoms with Gasteiger partial charge in [0.05, 0.1) is 0 Å². The van der Waals surface area contributed by atoms with E-state index in [1.54, 1.807) is 0 Å². The summed E-state index contributed by atoms with van der Waals surface area (Å²) in [4.78, 5) is 0. The number of alkyl halides is 9. The van der Waals surface area contributed by atoms with Gasteiger partial charge in [-0.05, 0) is 11.6 Å². The van der Waals surface area contributed by atoms with Gasteiger partial charge in [-0.15, -0.1) is 0 Å². The number of hydrogen-bond acceptors (Lipinski definition) is 4. The van der Waals surface area contributed by atoms with Crippen molar-refractivity contribution in [2.45, 2.75) is 29.0 Å². The van der Waals surface area contributed by atoms with E-state index in [1.807, 2.05) is 0 Å². The van der Waals surface area contributed by atoms with Gasteiger partial charge < -0.3 is 14.2 Å². The van der Waals surface area contributed by atoms with Crippen molar-refractivity contribution in [2.75, 3.05) is 14.2 Å². The molecule has 0 fully saturated rings. The largest absolute Gasteiger partial charge is 0.392 e. The molecule has 0 rings (SSSR count). The van der Waals surface area contributed by atoms with E-state index in [0.29, 0.717) is 14.2 Å². The zero-order valence-corrected chi connectivity index (χ0v) is 11.7. The summed E-state index contributed by atoms with van der Waals surface area (Å²) in [5, 5.41) is 2.82. The third-order valence-corrected chi connectivity index (χ3v) is 4.48. The fourth-order valence-electron chi connectivity index (χ4n) is 1.02. The molecule has 0 aromatic heterocycles. The second-order valence-electron chi connectivity index (χ2n) is 3.55. The second kappa shape index (κ2) is 5.80. The Balaban J connectivity index is 5.96. The minimum absolute atomic E-state index is 0.371. The molecule has 0 aliphatic heterocycles. The summed E-state index contributed by atoms with van der Waals surface area (Å²) in [6.45, 7) is 0. The standard InChI is InChI=1S/C7H8ClF8O4P/c1-19-21(18,20-2)3(17)4(9,10)5(11,12)6(13,14)7(8,15)16/h3,17H,1-2H3. The van der Waals surface area contributed by atoms with Crippen LogP contribution < -0.4 is 0 Å². The minimum atomic E-state index is -6.88. The highest BCUT2D eigenvalue weighted by molar-refractivity contribution is 7.54. The molecule has 0 aromatic rings. The van der Waals surface area contributed by atoms with Crippen LogP contribution in [0, 0.1) is 0 Å². The van der Waals surface area contributed by atoms with Crippen LogP contribution in [0.4, 0.5) is 35.1 Å². The van der Waals surface area contributed by atoms with Gasteiger partial charge in [-0.2, -0.15) is 35.1 Å². The van der Waals surface area contributed by atoms with Crippen molar-refractivity contribution >= 4 is 19.2 Å². The van der Waals surface area contributed by atoms with Gasteiger partial charge in [-0.3, -0.25) is 4.57 Å². The Bertz CT molecular complexity index is 417. The summed E-state index contributed by atoms with van der Waals surface area (Å²) in [5.74, 6) is -24.1. The molecule has 128 valence electrons.